The molecule has 0 amide bonds. The third-order valence-electron chi connectivity index (χ3n) is 5.05. The van der Waals surface area contributed by atoms with Gasteiger partial charge in [-0.25, -0.2) is 8.42 Å². The maximum atomic E-state index is 13.2. The Bertz CT molecular complexity index is 1250. The summed E-state index contributed by atoms with van der Waals surface area (Å²) in [4.78, 5) is 0.280. The normalized spacial score (nSPS) is 11.5. The van der Waals surface area contributed by atoms with Crippen molar-refractivity contribution in [3.05, 3.63) is 96.6 Å². The Morgan fingerprint density at radius 3 is 2.14 bits per heavy atom. The molecule has 4 rings (SSSR count). The molecule has 0 heterocycles. The number of fused-ring (bicyclic) bond motifs is 1. The lowest BCUT2D eigenvalue weighted by Gasteiger charge is -2.24. The maximum absolute atomic E-state index is 13.2. The summed E-state index contributed by atoms with van der Waals surface area (Å²) in [6, 6.07) is 28.6. The van der Waals surface area contributed by atoms with Gasteiger partial charge in [0, 0.05) is 12.6 Å². The molecule has 4 aromatic rings. The predicted molar refractivity (Wildman–Crippen MR) is 116 cm³/mol. The Hall–Kier alpha value is -3.11. The minimum atomic E-state index is -3.66. The minimum Gasteiger partial charge on any atom is -0.269 e. The van der Waals surface area contributed by atoms with Gasteiger partial charge in [-0.1, -0.05) is 72.8 Å². The van der Waals surface area contributed by atoms with Crippen LogP contribution in [0.15, 0.2) is 95.9 Å². The molecule has 0 atom stereocenters. The molecule has 0 aliphatic heterocycles. The van der Waals surface area contributed by atoms with E-state index in [1.807, 2.05) is 42.5 Å². The SMILES string of the molecule is Cc1ccc2ccccc2c1-c1ccccc1N(C)S(=O)(=O)c1ccccc1. The molecular formula is C24H21NO2S. The Labute approximate surface area is 165 Å². The smallest absolute Gasteiger partial charge is 0.264 e. The molecule has 0 aliphatic carbocycles. The average molecular weight is 388 g/mol. The molecule has 4 heteroatoms. The van der Waals surface area contributed by atoms with E-state index in [9.17, 15) is 8.42 Å². The standard InChI is InChI=1S/C24H21NO2S/c1-18-16-17-19-10-6-7-13-21(19)24(18)22-14-8-9-15-23(22)25(2)28(26,27)20-11-4-3-5-12-20/h3-17H,1-2H3. The summed E-state index contributed by atoms with van der Waals surface area (Å²) in [6.07, 6.45) is 0. The van der Waals surface area contributed by atoms with Gasteiger partial charge in [-0.05, 0) is 47.0 Å². The number of anilines is 1. The van der Waals surface area contributed by atoms with E-state index < -0.39 is 10.0 Å². The molecule has 0 saturated carbocycles. The van der Waals surface area contributed by atoms with E-state index in [-0.39, 0.29) is 4.90 Å². The molecule has 0 aromatic heterocycles. The van der Waals surface area contributed by atoms with Gasteiger partial charge in [0.05, 0.1) is 10.6 Å². The Morgan fingerprint density at radius 2 is 1.36 bits per heavy atom. The first-order chi connectivity index (χ1) is 13.5. The van der Waals surface area contributed by atoms with Crippen LogP contribution in [0.4, 0.5) is 5.69 Å². The molecule has 140 valence electrons. The van der Waals surface area contributed by atoms with Crippen LogP contribution in [-0.2, 0) is 10.0 Å². The zero-order chi connectivity index (χ0) is 19.7. The second kappa shape index (κ2) is 7.13. The second-order valence-electron chi connectivity index (χ2n) is 6.78. The van der Waals surface area contributed by atoms with Crippen molar-refractivity contribution in [2.75, 3.05) is 11.4 Å². The van der Waals surface area contributed by atoms with E-state index in [2.05, 4.69) is 31.2 Å². The number of hydrogen-bond acceptors (Lipinski definition) is 2. The fourth-order valence-corrected chi connectivity index (χ4v) is 4.81. The minimum absolute atomic E-state index is 0.280. The highest BCUT2D eigenvalue weighted by Gasteiger charge is 2.24. The summed E-state index contributed by atoms with van der Waals surface area (Å²) in [7, 11) is -2.04. The third kappa shape index (κ3) is 3.06. The molecule has 4 aromatic carbocycles. The maximum Gasteiger partial charge on any atom is 0.264 e. The number of aryl methyl sites for hydroxylation is 1. The van der Waals surface area contributed by atoms with E-state index in [4.69, 9.17) is 0 Å². The highest BCUT2D eigenvalue weighted by atomic mass is 32.2. The Morgan fingerprint density at radius 1 is 0.714 bits per heavy atom. The van der Waals surface area contributed by atoms with Crippen molar-refractivity contribution in [3.63, 3.8) is 0 Å². The average Bonchev–Trinajstić information content (AvgIpc) is 2.74. The molecule has 0 aliphatic rings. The molecule has 0 radical (unpaired) electrons. The van der Waals surface area contributed by atoms with Crippen LogP contribution in [0.3, 0.4) is 0 Å². The first kappa shape index (κ1) is 18.3. The lowest BCUT2D eigenvalue weighted by Crippen LogP contribution is -2.27. The van der Waals surface area contributed by atoms with Crippen LogP contribution in [0, 0.1) is 6.92 Å². The molecule has 0 N–H and O–H groups in total. The quantitative estimate of drug-likeness (QED) is 0.454. The molecule has 0 fully saturated rings. The topological polar surface area (TPSA) is 37.4 Å². The summed E-state index contributed by atoms with van der Waals surface area (Å²) < 4.78 is 27.8. The van der Waals surface area contributed by atoms with Gasteiger partial charge in [-0.3, -0.25) is 4.31 Å². The van der Waals surface area contributed by atoms with Crippen LogP contribution >= 0.6 is 0 Å². The van der Waals surface area contributed by atoms with Gasteiger partial charge in [0.25, 0.3) is 10.0 Å². The number of para-hydroxylation sites is 1. The van der Waals surface area contributed by atoms with Crippen LogP contribution < -0.4 is 4.31 Å². The van der Waals surface area contributed by atoms with E-state index in [1.165, 1.54) is 4.31 Å². The van der Waals surface area contributed by atoms with Crippen molar-refractivity contribution in [1.82, 2.24) is 0 Å². The number of hydrogen-bond donors (Lipinski definition) is 0. The molecule has 0 bridgehead atoms. The lowest BCUT2D eigenvalue weighted by atomic mass is 9.93. The number of rotatable bonds is 4. The molecule has 28 heavy (non-hydrogen) atoms. The van der Waals surface area contributed by atoms with Gasteiger partial charge in [-0.15, -0.1) is 0 Å². The summed E-state index contributed by atoms with van der Waals surface area (Å²) in [5.41, 5.74) is 3.73. The molecular weight excluding hydrogens is 366 g/mol. The molecule has 3 nitrogen and oxygen atoms in total. The summed E-state index contributed by atoms with van der Waals surface area (Å²) in [5, 5.41) is 2.24. The van der Waals surface area contributed by atoms with Crippen LogP contribution in [-0.4, -0.2) is 15.5 Å². The van der Waals surface area contributed by atoms with Crippen molar-refractivity contribution in [2.45, 2.75) is 11.8 Å². The van der Waals surface area contributed by atoms with Crippen molar-refractivity contribution in [2.24, 2.45) is 0 Å². The number of sulfonamides is 1. The zero-order valence-electron chi connectivity index (χ0n) is 15.8. The fourth-order valence-electron chi connectivity index (χ4n) is 3.58. The summed E-state index contributed by atoms with van der Waals surface area (Å²) >= 11 is 0. The first-order valence-electron chi connectivity index (χ1n) is 9.12. The zero-order valence-corrected chi connectivity index (χ0v) is 16.6. The van der Waals surface area contributed by atoms with E-state index in [1.54, 1.807) is 31.3 Å². The van der Waals surface area contributed by atoms with Crippen LogP contribution in [0.2, 0.25) is 0 Å². The van der Waals surface area contributed by atoms with Gasteiger partial charge < -0.3 is 0 Å². The Balaban J connectivity index is 1.94. The van der Waals surface area contributed by atoms with Crippen LogP contribution in [0.1, 0.15) is 5.56 Å². The lowest BCUT2D eigenvalue weighted by molar-refractivity contribution is 0.594. The van der Waals surface area contributed by atoms with Crippen molar-refractivity contribution in [3.8, 4) is 11.1 Å². The Kier molecular flexibility index (Phi) is 4.65. The van der Waals surface area contributed by atoms with Gasteiger partial charge in [0.15, 0.2) is 0 Å². The number of nitrogens with zero attached hydrogens (tertiary/aromatic N) is 1. The first-order valence-corrected chi connectivity index (χ1v) is 10.6. The monoisotopic (exact) mass is 387 g/mol. The van der Waals surface area contributed by atoms with E-state index in [0.29, 0.717) is 5.69 Å². The van der Waals surface area contributed by atoms with Crippen LogP contribution in [0.25, 0.3) is 21.9 Å². The van der Waals surface area contributed by atoms with E-state index in [0.717, 1.165) is 27.5 Å². The van der Waals surface area contributed by atoms with Crippen molar-refractivity contribution in [1.29, 1.82) is 0 Å². The van der Waals surface area contributed by atoms with Gasteiger partial charge >= 0.3 is 0 Å². The van der Waals surface area contributed by atoms with Crippen LogP contribution in [0.5, 0.6) is 0 Å². The molecule has 0 unspecified atom stereocenters. The van der Waals surface area contributed by atoms with E-state index >= 15 is 0 Å². The van der Waals surface area contributed by atoms with Crippen molar-refractivity contribution >= 4 is 26.5 Å². The van der Waals surface area contributed by atoms with Gasteiger partial charge in [0.2, 0.25) is 0 Å². The summed E-state index contributed by atoms with van der Waals surface area (Å²) in [6.45, 7) is 2.06. The second-order valence-corrected chi connectivity index (χ2v) is 8.75. The highest BCUT2D eigenvalue weighted by Crippen LogP contribution is 2.38. The molecule has 0 saturated heterocycles. The van der Waals surface area contributed by atoms with Gasteiger partial charge in [-0.2, -0.15) is 0 Å². The molecule has 0 spiro atoms. The van der Waals surface area contributed by atoms with Crippen molar-refractivity contribution < 1.29 is 8.42 Å². The number of benzene rings is 4. The third-order valence-corrected chi connectivity index (χ3v) is 6.84. The summed E-state index contributed by atoms with van der Waals surface area (Å²) in [5.74, 6) is 0. The van der Waals surface area contributed by atoms with Gasteiger partial charge in [0.1, 0.15) is 0 Å². The fraction of sp³-hybridized carbons (Fsp3) is 0.0833. The largest absolute Gasteiger partial charge is 0.269 e. The predicted octanol–water partition coefficient (Wildman–Crippen LogP) is 5.64. The highest BCUT2D eigenvalue weighted by molar-refractivity contribution is 7.92.